The van der Waals surface area contributed by atoms with E-state index in [0.717, 1.165) is 19.4 Å². The molecule has 2 unspecified atom stereocenters. The van der Waals surface area contributed by atoms with E-state index in [-0.39, 0.29) is 24.6 Å². The molecule has 0 aliphatic carbocycles. The Morgan fingerprint density at radius 1 is 1.45 bits per heavy atom. The smallest absolute Gasteiger partial charge is 0.323 e. The first-order valence-electron chi connectivity index (χ1n) is 7.30. The summed E-state index contributed by atoms with van der Waals surface area (Å²) in [6, 6.07) is -0.303. The monoisotopic (exact) mass is 286 g/mol. The van der Waals surface area contributed by atoms with Crippen LogP contribution in [0.5, 0.6) is 0 Å². The van der Waals surface area contributed by atoms with Crippen LogP contribution in [0.25, 0.3) is 0 Å². The Bertz CT molecular complexity index is 333. The zero-order valence-corrected chi connectivity index (χ0v) is 12.6. The molecule has 2 atom stereocenters. The summed E-state index contributed by atoms with van der Waals surface area (Å²) in [5.74, 6) is -0.426. The molecule has 0 aromatic carbocycles. The molecule has 1 rings (SSSR count). The fourth-order valence-electron chi connectivity index (χ4n) is 2.53. The highest BCUT2D eigenvalue weighted by Gasteiger charge is 2.27. The summed E-state index contributed by atoms with van der Waals surface area (Å²) in [4.78, 5) is 24.2. The average Bonchev–Trinajstić information content (AvgIpc) is 2.81. The van der Waals surface area contributed by atoms with Gasteiger partial charge in [0.05, 0.1) is 6.10 Å². The van der Waals surface area contributed by atoms with Crippen molar-refractivity contribution in [1.29, 1.82) is 0 Å². The van der Waals surface area contributed by atoms with E-state index in [1.165, 1.54) is 4.90 Å². The van der Waals surface area contributed by atoms with Crippen molar-refractivity contribution in [2.75, 3.05) is 26.2 Å². The van der Waals surface area contributed by atoms with E-state index in [2.05, 4.69) is 12.2 Å². The van der Waals surface area contributed by atoms with Crippen molar-refractivity contribution in [1.82, 2.24) is 10.2 Å². The van der Waals surface area contributed by atoms with Gasteiger partial charge < -0.3 is 20.1 Å². The van der Waals surface area contributed by atoms with E-state index in [1.54, 1.807) is 0 Å². The van der Waals surface area contributed by atoms with Gasteiger partial charge in [-0.1, -0.05) is 20.8 Å². The second-order valence-corrected chi connectivity index (χ2v) is 5.72. The maximum Gasteiger partial charge on any atom is 0.323 e. The van der Waals surface area contributed by atoms with Gasteiger partial charge in [-0.15, -0.1) is 0 Å². The Morgan fingerprint density at radius 2 is 2.15 bits per heavy atom. The lowest BCUT2D eigenvalue weighted by Gasteiger charge is -2.25. The van der Waals surface area contributed by atoms with Gasteiger partial charge in [0.25, 0.3) is 0 Å². The van der Waals surface area contributed by atoms with Crippen LogP contribution in [0.3, 0.4) is 0 Å². The number of carbonyl (C=O) groups excluding carboxylic acids is 1. The van der Waals surface area contributed by atoms with Gasteiger partial charge >= 0.3 is 12.0 Å². The minimum atomic E-state index is -0.989. The Labute approximate surface area is 120 Å². The molecule has 1 saturated heterocycles. The Kier molecular flexibility index (Phi) is 6.78. The number of aliphatic carboxylic acids is 1. The first-order chi connectivity index (χ1) is 9.43. The SMILES string of the molecule is CCC1OCCC1CNC(=O)N(CC(=O)O)CC(C)C. The molecule has 20 heavy (non-hydrogen) atoms. The lowest BCUT2D eigenvalue weighted by Crippen LogP contribution is -2.46. The maximum atomic E-state index is 12.1. The normalized spacial score (nSPS) is 22.0. The number of nitrogens with one attached hydrogen (secondary N) is 1. The van der Waals surface area contributed by atoms with Crippen LogP contribution in [0.1, 0.15) is 33.6 Å². The molecule has 6 heteroatoms. The van der Waals surface area contributed by atoms with Crippen LogP contribution < -0.4 is 5.32 Å². The molecule has 1 aliphatic heterocycles. The predicted octanol–water partition coefficient (Wildman–Crippen LogP) is 1.55. The van der Waals surface area contributed by atoms with Crippen molar-refractivity contribution in [2.45, 2.75) is 39.7 Å². The maximum absolute atomic E-state index is 12.1. The molecule has 1 fully saturated rings. The van der Waals surface area contributed by atoms with Crippen LogP contribution in [-0.2, 0) is 9.53 Å². The van der Waals surface area contributed by atoms with Crippen LogP contribution >= 0.6 is 0 Å². The van der Waals surface area contributed by atoms with E-state index in [1.807, 2.05) is 13.8 Å². The number of hydrogen-bond donors (Lipinski definition) is 2. The largest absolute Gasteiger partial charge is 0.480 e. The number of carboxylic acid groups (broad SMARTS) is 1. The molecule has 2 amide bonds. The summed E-state index contributed by atoms with van der Waals surface area (Å²) in [5.41, 5.74) is 0. The molecular formula is C14H26N2O4. The number of nitrogens with zero attached hydrogens (tertiary/aromatic N) is 1. The standard InChI is InChI=1S/C14H26N2O4/c1-4-12-11(5-6-20-12)7-15-14(19)16(8-10(2)3)9-13(17)18/h10-12H,4-9H2,1-3H3,(H,15,19)(H,17,18). The average molecular weight is 286 g/mol. The topological polar surface area (TPSA) is 78.9 Å². The van der Waals surface area contributed by atoms with Gasteiger partial charge in [0.1, 0.15) is 6.54 Å². The predicted molar refractivity (Wildman–Crippen MR) is 75.6 cm³/mol. The van der Waals surface area contributed by atoms with Crippen LogP contribution in [0.2, 0.25) is 0 Å². The number of carboxylic acids is 1. The zero-order chi connectivity index (χ0) is 15.1. The number of amides is 2. The molecule has 6 nitrogen and oxygen atoms in total. The molecular weight excluding hydrogens is 260 g/mol. The van der Waals surface area contributed by atoms with E-state index in [9.17, 15) is 9.59 Å². The van der Waals surface area contributed by atoms with Crippen molar-refractivity contribution in [3.63, 3.8) is 0 Å². The third-order valence-corrected chi connectivity index (χ3v) is 3.46. The van der Waals surface area contributed by atoms with Gasteiger partial charge in [-0.2, -0.15) is 0 Å². The molecule has 1 heterocycles. The highest BCUT2D eigenvalue weighted by molar-refractivity contribution is 5.80. The Balaban J connectivity index is 2.46. The summed E-state index contributed by atoms with van der Waals surface area (Å²) in [6.45, 7) is 7.45. The summed E-state index contributed by atoms with van der Waals surface area (Å²) < 4.78 is 5.58. The van der Waals surface area contributed by atoms with Gasteiger partial charge in [-0.05, 0) is 18.8 Å². The second kappa shape index (κ2) is 8.09. The van der Waals surface area contributed by atoms with Crippen LogP contribution in [0, 0.1) is 11.8 Å². The fourth-order valence-corrected chi connectivity index (χ4v) is 2.53. The van der Waals surface area contributed by atoms with Crippen molar-refractivity contribution in [3.05, 3.63) is 0 Å². The van der Waals surface area contributed by atoms with E-state index in [4.69, 9.17) is 9.84 Å². The molecule has 116 valence electrons. The molecule has 0 spiro atoms. The number of rotatable bonds is 7. The van der Waals surface area contributed by atoms with Gasteiger partial charge in [-0.25, -0.2) is 4.79 Å². The Hall–Kier alpha value is -1.30. The van der Waals surface area contributed by atoms with E-state index >= 15 is 0 Å². The van der Waals surface area contributed by atoms with Crippen molar-refractivity contribution < 1.29 is 19.4 Å². The molecule has 0 radical (unpaired) electrons. The molecule has 2 N–H and O–H groups in total. The molecule has 0 bridgehead atoms. The van der Waals surface area contributed by atoms with Gasteiger partial charge in [0, 0.05) is 25.6 Å². The number of hydrogen-bond acceptors (Lipinski definition) is 3. The number of carbonyl (C=O) groups is 2. The minimum Gasteiger partial charge on any atom is -0.480 e. The fraction of sp³-hybridized carbons (Fsp3) is 0.857. The van der Waals surface area contributed by atoms with Crippen molar-refractivity contribution >= 4 is 12.0 Å². The first kappa shape index (κ1) is 16.8. The van der Waals surface area contributed by atoms with Crippen LogP contribution in [-0.4, -0.2) is 54.4 Å². The highest BCUT2D eigenvalue weighted by atomic mass is 16.5. The van der Waals surface area contributed by atoms with Crippen molar-refractivity contribution in [2.24, 2.45) is 11.8 Å². The van der Waals surface area contributed by atoms with E-state index < -0.39 is 5.97 Å². The van der Waals surface area contributed by atoms with Gasteiger partial charge in [0.2, 0.25) is 0 Å². The summed E-state index contributed by atoms with van der Waals surface area (Å²) >= 11 is 0. The summed E-state index contributed by atoms with van der Waals surface area (Å²) in [6.07, 6.45) is 2.08. The lowest BCUT2D eigenvalue weighted by atomic mass is 10.00. The molecule has 0 aromatic rings. The van der Waals surface area contributed by atoms with Crippen molar-refractivity contribution in [3.8, 4) is 0 Å². The number of ether oxygens (including phenoxy) is 1. The lowest BCUT2D eigenvalue weighted by molar-refractivity contribution is -0.137. The van der Waals surface area contributed by atoms with Gasteiger partial charge in [-0.3, -0.25) is 4.79 Å². The molecule has 0 saturated carbocycles. The second-order valence-electron chi connectivity index (χ2n) is 5.72. The third-order valence-electron chi connectivity index (χ3n) is 3.46. The molecule has 0 aromatic heterocycles. The highest BCUT2D eigenvalue weighted by Crippen LogP contribution is 2.22. The van der Waals surface area contributed by atoms with Crippen LogP contribution in [0.4, 0.5) is 4.79 Å². The Morgan fingerprint density at radius 3 is 2.70 bits per heavy atom. The quantitative estimate of drug-likeness (QED) is 0.744. The molecule has 1 aliphatic rings. The summed E-state index contributed by atoms with van der Waals surface area (Å²) in [7, 11) is 0. The third kappa shape index (κ3) is 5.36. The zero-order valence-electron chi connectivity index (χ0n) is 12.6. The minimum absolute atomic E-state index is 0.202. The van der Waals surface area contributed by atoms with Crippen LogP contribution in [0.15, 0.2) is 0 Å². The van der Waals surface area contributed by atoms with E-state index in [0.29, 0.717) is 19.0 Å². The summed E-state index contributed by atoms with van der Waals surface area (Å²) in [5, 5.41) is 11.7. The number of urea groups is 1. The first-order valence-corrected chi connectivity index (χ1v) is 7.30. The van der Waals surface area contributed by atoms with Gasteiger partial charge in [0.15, 0.2) is 0 Å².